The molecular weight excluding hydrogens is 188 g/mol. The molecule has 1 rings (SSSR count). The van der Waals surface area contributed by atoms with Crippen LogP contribution in [0.25, 0.3) is 0 Å². The van der Waals surface area contributed by atoms with Gasteiger partial charge in [0.1, 0.15) is 0 Å². The average Bonchev–Trinajstić information content (AvgIpc) is 2.70. The van der Waals surface area contributed by atoms with Crippen LogP contribution in [0, 0.1) is 18.3 Å². The van der Waals surface area contributed by atoms with Crippen LogP contribution in [-0.4, -0.2) is 25.0 Å². The summed E-state index contributed by atoms with van der Waals surface area (Å²) in [6.07, 6.45) is 10.2. The number of terminal acetylenes is 1. The van der Waals surface area contributed by atoms with Crippen LogP contribution in [0.3, 0.4) is 0 Å². The predicted molar refractivity (Wildman–Crippen MR) is 61.3 cm³/mol. The molecule has 0 spiro atoms. The van der Waals surface area contributed by atoms with Gasteiger partial charge >= 0.3 is 0 Å². The number of carbonyl (C=O) groups excluding carboxylic acids is 1. The maximum atomic E-state index is 11.4. The molecule has 0 aliphatic heterocycles. The van der Waals surface area contributed by atoms with Gasteiger partial charge in [0, 0.05) is 6.04 Å². The highest BCUT2D eigenvalue weighted by Gasteiger charge is 2.22. The van der Waals surface area contributed by atoms with Gasteiger partial charge in [-0.2, -0.15) is 0 Å². The van der Waals surface area contributed by atoms with E-state index in [1.54, 1.807) is 0 Å². The third kappa shape index (κ3) is 4.35. The van der Waals surface area contributed by atoms with Gasteiger partial charge < -0.3 is 5.32 Å². The van der Waals surface area contributed by atoms with E-state index >= 15 is 0 Å². The summed E-state index contributed by atoms with van der Waals surface area (Å²) in [5, 5.41) is 5.89. The average molecular weight is 208 g/mol. The Hall–Kier alpha value is -1.01. The molecule has 3 heteroatoms. The summed E-state index contributed by atoms with van der Waals surface area (Å²) < 4.78 is 0. The Bertz CT molecular complexity index is 238. The fraction of sp³-hybridized carbons (Fsp3) is 0.750. The Morgan fingerprint density at radius 3 is 2.80 bits per heavy atom. The van der Waals surface area contributed by atoms with Gasteiger partial charge in [0.25, 0.3) is 0 Å². The molecule has 1 saturated carbocycles. The largest absolute Gasteiger partial charge is 0.352 e. The number of carbonyl (C=O) groups is 1. The Kier molecular flexibility index (Phi) is 5.20. The zero-order valence-electron chi connectivity index (χ0n) is 9.38. The summed E-state index contributed by atoms with van der Waals surface area (Å²) >= 11 is 0. The minimum Gasteiger partial charge on any atom is -0.352 e. The van der Waals surface area contributed by atoms with Gasteiger partial charge in [0.05, 0.1) is 13.1 Å². The fourth-order valence-electron chi connectivity index (χ4n) is 2.13. The first-order valence-corrected chi connectivity index (χ1v) is 5.67. The van der Waals surface area contributed by atoms with Gasteiger partial charge in [-0.05, 0) is 25.7 Å². The molecule has 0 radical (unpaired) electrons. The molecule has 0 heterocycles. The summed E-state index contributed by atoms with van der Waals surface area (Å²) in [6.45, 7) is 2.86. The smallest absolute Gasteiger partial charge is 0.234 e. The fourth-order valence-corrected chi connectivity index (χ4v) is 2.13. The van der Waals surface area contributed by atoms with Crippen LogP contribution in [0.1, 0.15) is 32.6 Å². The minimum absolute atomic E-state index is 0.0460. The van der Waals surface area contributed by atoms with E-state index in [-0.39, 0.29) is 5.91 Å². The van der Waals surface area contributed by atoms with Crippen molar-refractivity contribution < 1.29 is 4.79 Å². The highest BCUT2D eigenvalue weighted by atomic mass is 16.1. The van der Waals surface area contributed by atoms with Crippen molar-refractivity contribution in [2.45, 2.75) is 38.6 Å². The van der Waals surface area contributed by atoms with E-state index in [0.29, 0.717) is 25.0 Å². The topological polar surface area (TPSA) is 41.1 Å². The third-order valence-corrected chi connectivity index (χ3v) is 3.01. The molecular formula is C12H20N2O. The molecule has 2 N–H and O–H groups in total. The molecule has 1 fully saturated rings. The van der Waals surface area contributed by atoms with Gasteiger partial charge in [0.15, 0.2) is 0 Å². The van der Waals surface area contributed by atoms with Gasteiger partial charge in [0.2, 0.25) is 5.91 Å². The molecule has 84 valence electrons. The van der Waals surface area contributed by atoms with Crippen LogP contribution in [-0.2, 0) is 4.79 Å². The number of hydrogen-bond acceptors (Lipinski definition) is 2. The second kappa shape index (κ2) is 6.47. The Morgan fingerprint density at radius 1 is 1.53 bits per heavy atom. The monoisotopic (exact) mass is 208 g/mol. The first-order chi connectivity index (χ1) is 7.24. The standard InChI is InChI=1S/C12H20N2O/c1-3-8-13-9-12(15)14-10(2)11-6-4-5-7-11/h1,10-11,13H,4-9H2,2H3,(H,14,15)/t10-/m1/s1. The molecule has 0 aromatic carbocycles. The summed E-state index contributed by atoms with van der Waals surface area (Å²) in [5.41, 5.74) is 0. The van der Waals surface area contributed by atoms with Crippen LogP contribution < -0.4 is 10.6 Å². The number of nitrogens with one attached hydrogen (secondary N) is 2. The lowest BCUT2D eigenvalue weighted by atomic mass is 10.00. The van der Waals surface area contributed by atoms with Crippen LogP contribution >= 0.6 is 0 Å². The van der Waals surface area contributed by atoms with Crippen molar-refractivity contribution in [1.82, 2.24) is 10.6 Å². The SMILES string of the molecule is C#CCNCC(=O)N[C@H](C)C1CCCC1. The lowest BCUT2D eigenvalue weighted by Crippen LogP contribution is -2.42. The van der Waals surface area contributed by atoms with Crippen molar-refractivity contribution in [3.63, 3.8) is 0 Å². The normalized spacial score (nSPS) is 18.4. The minimum atomic E-state index is 0.0460. The molecule has 1 aliphatic rings. The summed E-state index contributed by atoms with van der Waals surface area (Å²) in [7, 11) is 0. The van der Waals surface area contributed by atoms with Crippen LogP contribution in [0.15, 0.2) is 0 Å². The molecule has 15 heavy (non-hydrogen) atoms. The number of amides is 1. The van der Waals surface area contributed by atoms with Crippen molar-refractivity contribution in [3.8, 4) is 12.3 Å². The molecule has 0 aromatic rings. The summed E-state index contributed by atoms with van der Waals surface area (Å²) in [6, 6.07) is 0.299. The lowest BCUT2D eigenvalue weighted by Gasteiger charge is -2.20. The first-order valence-electron chi connectivity index (χ1n) is 5.67. The van der Waals surface area contributed by atoms with Gasteiger partial charge in [-0.25, -0.2) is 0 Å². The summed E-state index contributed by atoms with van der Waals surface area (Å²) in [4.78, 5) is 11.4. The maximum absolute atomic E-state index is 11.4. The first kappa shape index (κ1) is 12.1. The second-order valence-corrected chi connectivity index (χ2v) is 4.21. The predicted octanol–water partition coefficient (Wildman–Crippen LogP) is 0.904. The molecule has 3 nitrogen and oxygen atoms in total. The van der Waals surface area contributed by atoms with Crippen LogP contribution in [0.4, 0.5) is 0 Å². The van der Waals surface area contributed by atoms with Crippen molar-refractivity contribution >= 4 is 5.91 Å². The Labute approximate surface area is 92.0 Å². The molecule has 0 bridgehead atoms. The Morgan fingerprint density at radius 2 is 2.20 bits per heavy atom. The van der Waals surface area contributed by atoms with Crippen molar-refractivity contribution in [3.05, 3.63) is 0 Å². The maximum Gasteiger partial charge on any atom is 0.234 e. The van der Waals surface area contributed by atoms with Crippen molar-refractivity contribution in [1.29, 1.82) is 0 Å². The van der Waals surface area contributed by atoms with E-state index in [2.05, 4.69) is 23.5 Å². The van der Waals surface area contributed by atoms with Crippen molar-refractivity contribution in [2.24, 2.45) is 5.92 Å². The molecule has 0 aromatic heterocycles. The van der Waals surface area contributed by atoms with E-state index in [1.807, 2.05) is 0 Å². The van der Waals surface area contributed by atoms with E-state index in [4.69, 9.17) is 6.42 Å². The molecule has 0 unspecified atom stereocenters. The van der Waals surface area contributed by atoms with Crippen LogP contribution in [0.2, 0.25) is 0 Å². The highest BCUT2D eigenvalue weighted by Crippen LogP contribution is 2.27. The number of hydrogen-bond donors (Lipinski definition) is 2. The summed E-state index contributed by atoms with van der Waals surface area (Å²) in [5.74, 6) is 3.15. The van der Waals surface area contributed by atoms with E-state index < -0.39 is 0 Å². The molecule has 1 amide bonds. The zero-order chi connectivity index (χ0) is 11.1. The molecule has 1 aliphatic carbocycles. The second-order valence-electron chi connectivity index (χ2n) is 4.21. The van der Waals surface area contributed by atoms with Gasteiger partial charge in [-0.15, -0.1) is 6.42 Å². The van der Waals surface area contributed by atoms with Gasteiger partial charge in [-0.3, -0.25) is 10.1 Å². The van der Waals surface area contributed by atoms with Gasteiger partial charge in [-0.1, -0.05) is 18.8 Å². The van der Waals surface area contributed by atoms with E-state index in [9.17, 15) is 4.79 Å². The zero-order valence-corrected chi connectivity index (χ0v) is 9.38. The van der Waals surface area contributed by atoms with Crippen molar-refractivity contribution in [2.75, 3.05) is 13.1 Å². The quantitative estimate of drug-likeness (QED) is 0.521. The van der Waals surface area contributed by atoms with E-state index in [0.717, 1.165) is 0 Å². The lowest BCUT2D eigenvalue weighted by molar-refractivity contribution is -0.121. The molecule has 1 atom stereocenters. The van der Waals surface area contributed by atoms with E-state index in [1.165, 1.54) is 25.7 Å². The number of rotatable bonds is 5. The highest BCUT2D eigenvalue weighted by molar-refractivity contribution is 5.78. The third-order valence-electron chi connectivity index (χ3n) is 3.01. The Balaban J connectivity index is 2.16. The van der Waals surface area contributed by atoms with Crippen LogP contribution in [0.5, 0.6) is 0 Å². The molecule has 0 saturated heterocycles.